The van der Waals surface area contributed by atoms with E-state index in [9.17, 15) is 9.59 Å². The number of rotatable bonds is 7. The normalized spacial score (nSPS) is 14.8. The first-order valence-electron chi connectivity index (χ1n) is 8.40. The van der Waals surface area contributed by atoms with Gasteiger partial charge < -0.3 is 14.5 Å². The lowest BCUT2D eigenvalue weighted by Gasteiger charge is -2.12. The molecule has 3 rings (SSSR count). The van der Waals surface area contributed by atoms with E-state index in [1.54, 1.807) is 6.92 Å². The number of nitrogens with zero attached hydrogens (tertiary/aromatic N) is 2. The number of aryl methyl sites for hydroxylation is 2. The van der Waals surface area contributed by atoms with Gasteiger partial charge in [0.05, 0.1) is 6.42 Å². The molecule has 1 atom stereocenters. The second-order valence-electron chi connectivity index (χ2n) is 6.28. The van der Waals surface area contributed by atoms with E-state index in [0.29, 0.717) is 11.8 Å². The Labute approximate surface area is 145 Å². The van der Waals surface area contributed by atoms with Gasteiger partial charge in [-0.15, -0.1) is 10.2 Å². The van der Waals surface area contributed by atoms with E-state index in [0.717, 1.165) is 24.0 Å². The van der Waals surface area contributed by atoms with Crippen LogP contribution in [0.5, 0.6) is 0 Å². The molecular weight excluding hydrogens is 322 g/mol. The quantitative estimate of drug-likeness (QED) is 0.775. The molecule has 1 fully saturated rings. The van der Waals surface area contributed by atoms with Crippen LogP contribution in [0.25, 0.3) is 11.5 Å². The molecule has 7 nitrogen and oxygen atoms in total. The van der Waals surface area contributed by atoms with Gasteiger partial charge >= 0.3 is 5.97 Å². The topological polar surface area (TPSA) is 94.3 Å². The lowest BCUT2D eigenvalue weighted by Crippen LogP contribution is -2.37. The Morgan fingerprint density at radius 1 is 1.28 bits per heavy atom. The number of hydrogen-bond acceptors (Lipinski definition) is 6. The number of carbonyl (C=O) groups excluding carboxylic acids is 2. The van der Waals surface area contributed by atoms with Crippen LogP contribution < -0.4 is 5.32 Å². The van der Waals surface area contributed by atoms with Gasteiger partial charge in [0.15, 0.2) is 6.10 Å². The molecule has 7 heteroatoms. The van der Waals surface area contributed by atoms with Gasteiger partial charge in [-0.05, 0) is 38.8 Å². The third-order valence-corrected chi connectivity index (χ3v) is 3.91. The van der Waals surface area contributed by atoms with E-state index in [2.05, 4.69) is 15.5 Å². The summed E-state index contributed by atoms with van der Waals surface area (Å²) < 4.78 is 10.7. The van der Waals surface area contributed by atoms with Crippen LogP contribution in [0.3, 0.4) is 0 Å². The summed E-state index contributed by atoms with van der Waals surface area (Å²) in [6.45, 7) is 3.57. The average Bonchev–Trinajstić information content (AvgIpc) is 3.28. The number of nitrogens with one attached hydrogen (secondary N) is 1. The maximum atomic E-state index is 11.9. The zero-order valence-corrected chi connectivity index (χ0v) is 14.3. The zero-order valence-electron chi connectivity index (χ0n) is 14.3. The Kier molecular flexibility index (Phi) is 5.11. The van der Waals surface area contributed by atoms with Crippen molar-refractivity contribution in [3.63, 3.8) is 0 Å². The molecule has 0 bridgehead atoms. The molecule has 1 aromatic heterocycles. The highest BCUT2D eigenvalue weighted by Gasteiger charge is 2.27. The monoisotopic (exact) mass is 343 g/mol. The first-order valence-corrected chi connectivity index (χ1v) is 8.40. The number of aromatic nitrogens is 2. The van der Waals surface area contributed by atoms with Crippen LogP contribution in [0.15, 0.2) is 28.7 Å². The maximum Gasteiger partial charge on any atom is 0.307 e. The molecule has 1 N–H and O–H groups in total. The molecule has 25 heavy (non-hydrogen) atoms. The highest BCUT2D eigenvalue weighted by molar-refractivity contribution is 5.83. The third kappa shape index (κ3) is 4.89. The van der Waals surface area contributed by atoms with E-state index >= 15 is 0 Å². The van der Waals surface area contributed by atoms with Crippen molar-refractivity contribution in [2.24, 2.45) is 0 Å². The number of ether oxygens (including phenoxy) is 1. The highest BCUT2D eigenvalue weighted by atomic mass is 16.5. The van der Waals surface area contributed by atoms with Gasteiger partial charge in [0.2, 0.25) is 11.8 Å². The molecular formula is C18H21N3O4. The lowest BCUT2D eigenvalue weighted by molar-refractivity contribution is -0.154. The fraction of sp³-hybridized carbons (Fsp3) is 0.444. The third-order valence-electron chi connectivity index (χ3n) is 3.91. The van der Waals surface area contributed by atoms with Gasteiger partial charge in [-0.2, -0.15) is 0 Å². The van der Waals surface area contributed by atoms with Gasteiger partial charge in [0.1, 0.15) is 0 Å². The van der Waals surface area contributed by atoms with Crippen molar-refractivity contribution in [3.8, 4) is 11.5 Å². The number of benzene rings is 1. The summed E-state index contributed by atoms with van der Waals surface area (Å²) in [5, 5.41) is 10.7. The fourth-order valence-corrected chi connectivity index (χ4v) is 2.23. The van der Waals surface area contributed by atoms with E-state index in [-0.39, 0.29) is 24.8 Å². The van der Waals surface area contributed by atoms with Crippen LogP contribution in [0.1, 0.15) is 37.6 Å². The van der Waals surface area contributed by atoms with Crippen molar-refractivity contribution in [1.82, 2.24) is 15.5 Å². The number of carbonyl (C=O) groups is 2. The summed E-state index contributed by atoms with van der Waals surface area (Å²) >= 11 is 0. The van der Waals surface area contributed by atoms with Crippen LogP contribution in [0, 0.1) is 6.92 Å². The standard InChI is InChI=1S/C18H21N3O4/c1-11-3-5-13(6-4-11)18-21-20-15(25-18)9-10-16(22)24-12(2)17(23)19-14-7-8-14/h3-6,12,14H,7-10H2,1-2H3,(H,19,23)/t12-/m1/s1. The molecule has 1 saturated carbocycles. The largest absolute Gasteiger partial charge is 0.453 e. The Bertz CT molecular complexity index is 750. The van der Waals surface area contributed by atoms with E-state index in [1.807, 2.05) is 31.2 Å². The number of esters is 1. The molecule has 1 aromatic carbocycles. The summed E-state index contributed by atoms with van der Waals surface area (Å²) in [6, 6.07) is 7.98. The molecule has 0 spiro atoms. The van der Waals surface area contributed by atoms with Gasteiger partial charge in [-0.1, -0.05) is 17.7 Å². The molecule has 132 valence electrons. The van der Waals surface area contributed by atoms with Crippen LogP contribution in [-0.4, -0.2) is 34.2 Å². The van der Waals surface area contributed by atoms with Crippen molar-refractivity contribution in [1.29, 1.82) is 0 Å². The minimum absolute atomic E-state index is 0.0799. The van der Waals surface area contributed by atoms with Crippen molar-refractivity contribution in [2.45, 2.75) is 51.7 Å². The molecule has 1 aliphatic rings. The van der Waals surface area contributed by atoms with Crippen LogP contribution >= 0.6 is 0 Å². The van der Waals surface area contributed by atoms with Gasteiger partial charge in [-0.25, -0.2) is 0 Å². The minimum Gasteiger partial charge on any atom is -0.453 e. The van der Waals surface area contributed by atoms with Crippen LogP contribution in [-0.2, 0) is 20.7 Å². The first kappa shape index (κ1) is 17.1. The van der Waals surface area contributed by atoms with Crippen molar-refractivity contribution < 1.29 is 18.7 Å². The summed E-state index contributed by atoms with van der Waals surface area (Å²) in [4.78, 5) is 23.6. The molecule has 0 saturated heterocycles. The van der Waals surface area contributed by atoms with Crippen LogP contribution in [0.4, 0.5) is 0 Å². The number of hydrogen-bond donors (Lipinski definition) is 1. The van der Waals surface area contributed by atoms with Gasteiger partial charge in [0.25, 0.3) is 5.91 Å². The van der Waals surface area contributed by atoms with Gasteiger partial charge in [-0.3, -0.25) is 9.59 Å². The Balaban J connectivity index is 1.47. The highest BCUT2D eigenvalue weighted by Crippen LogP contribution is 2.20. The van der Waals surface area contributed by atoms with Crippen molar-refractivity contribution >= 4 is 11.9 Å². The molecule has 1 amide bonds. The van der Waals surface area contributed by atoms with Crippen LogP contribution in [0.2, 0.25) is 0 Å². The van der Waals surface area contributed by atoms with Crippen molar-refractivity contribution in [3.05, 3.63) is 35.7 Å². The van der Waals surface area contributed by atoms with E-state index in [4.69, 9.17) is 9.15 Å². The van der Waals surface area contributed by atoms with E-state index in [1.165, 1.54) is 0 Å². The zero-order chi connectivity index (χ0) is 17.8. The second-order valence-corrected chi connectivity index (χ2v) is 6.28. The summed E-state index contributed by atoms with van der Waals surface area (Å²) in [7, 11) is 0. The molecule has 0 aliphatic heterocycles. The Morgan fingerprint density at radius 2 is 2.00 bits per heavy atom. The number of amides is 1. The fourth-order valence-electron chi connectivity index (χ4n) is 2.23. The molecule has 0 unspecified atom stereocenters. The second kappa shape index (κ2) is 7.46. The summed E-state index contributed by atoms with van der Waals surface area (Å²) in [5.41, 5.74) is 1.98. The summed E-state index contributed by atoms with van der Waals surface area (Å²) in [5.74, 6) is 0.0620. The van der Waals surface area contributed by atoms with Gasteiger partial charge in [0, 0.05) is 18.0 Å². The Hall–Kier alpha value is -2.70. The molecule has 2 aromatic rings. The van der Waals surface area contributed by atoms with Crippen molar-refractivity contribution in [2.75, 3.05) is 0 Å². The summed E-state index contributed by atoms with van der Waals surface area (Å²) in [6.07, 6.45) is 1.55. The maximum absolute atomic E-state index is 11.9. The lowest BCUT2D eigenvalue weighted by atomic mass is 10.1. The van der Waals surface area contributed by atoms with E-state index < -0.39 is 12.1 Å². The predicted octanol–water partition coefficient (Wildman–Crippen LogP) is 2.19. The molecule has 1 aliphatic carbocycles. The minimum atomic E-state index is -0.793. The molecule has 1 heterocycles. The Morgan fingerprint density at radius 3 is 2.68 bits per heavy atom. The molecule has 0 radical (unpaired) electrons. The first-order chi connectivity index (χ1) is 12.0. The SMILES string of the molecule is Cc1ccc(-c2nnc(CCC(=O)O[C@H](C)C(=O)NC3CC3)o2)cc1. The smallest absolute Gasteiger partial charge is 0.307 e. The predicted molar refractivity (Wildman–Crippen MR) is 89.5 cm³/mol. The average molecular weight is 343 g/mol.